The van der Waals surface area contributed by atoms with Crippen molar-refractivity contribution in [2.45, 2.75) is 25.3 Å². The van der Waals surface area contributed by atoms with E-state index in [1.165, 1.54) is 0 Å². The predicted molar refractivity (Wildman–Crippen MR) is 104 cm³/mol. The summed E-state index contributed by atoms with van der Waals surface area (Å²) in [6.45, 7) is 2.54. The number of carbonyl (C=O) groups is 1. The summed E-state index contributed by atoms with van der Waals surface area (Å²) in [7, 11) is 4.00. The van der Waals surface area contributed by atoms with Crippen LogP contribution in [0.5, 0.6) is 11.6 Å². The molecule has 1 atom stereocenters. The Balaban J connectivity index is 1.50. The smallest absolute Gasteiger partial charge is 0.220 e. The van der Waals surface area contributed by atoms with Gasteiger partial charge in [0.05, 0.1) is 6.61 Å². The van der Waals surface area contributed by atoms with Crippen molar-refractivity contribution in [2.75, 3.05) is 33.9 Å². The normalized spacial score (nSPS) is 15.7. The van der Waals surface area contributed by atoms with Crippen molar-refractivity contribution in [1.82, 2.24) is 15.2 Å². The molecule has 0 saturated heterocycles. The summed E-state index contributed by atoms with van der Waals surface area (Å²) in [6, 6.07) is 11.7. The van der Waals surface area contributed by atoms with E-state index < -0.39 is 0 Å². The molecule has 1 aromatic carbocycles. The molecule has 0 radical (unpaired) electrons. The highest BCUT2D eigenvalue weighted by molar-refractivity contribution is 5.77. The summed E-state index contributed by atoms with van der Waals surface area (Å²) in [6.07, 6.45) is 3.04. The first kappa shape index (κ1) is 19.2. The maximum absolute atomic E-state index is 12.4. The minimum absolute atomic E-state index is 0.0450. The number of rotatable bonds is 8. The van der Waals surface area contributed by atoms with Crippen molar-refractivity contribution in [3.63, 3.8) is 0 Å². The molecule has 0 bridgehead atoms. The molecule has 2 heterocycles. The fourth-order valence-electron chi connectivity index (χ4n) is 3.10. The molecule has 1 amide bonds. The molecule has 1 aliphatic heterocycles. The van der Waals surface area contributed by atoms with Crippen LogP contribution < -0.4 is 14.8 Å². The topological polar surface area (TPSA) is 63.7 Å². The third kappa shape index (κ3) is 5.69. The van der Waals surface area contributed by atoms with Crippen molar-refractivity contribution in [2.24, 2.45) is 0 Å². The van der Waals surface area contributed by atoms with Crippen LogP contribution >= 0.6 is 0 Å². The van der Waals surface area contributed by atoms with E-state index in [-0.39, 0.29) is 11.8 Å². The third-order valence-corrected chi connectivity index (χ3v) is 4.59. The van der Waals surface area contributed by atoms with Crippen LogP contribution in [0.15, 0.2) is 42.6 Å². The molecule has 1 N–H and O–H groups in total. The number of nitrogens with one attached hydrogen (secondary N) is 1. The van der Waals surface area contributed by atoms with Gasteiger partial charge in [0.1, 0.15) is 12.4 Å². The molecule has 0 aliphatic carbocycles. The van der Waals surface area contributed by atoms with Crippen molar-refractivity contribution < 1.29 is 14.3 Å². The molecule has 2 aromatic rings. The molecule has 144 valence electrons. The number of hydrogen-bond donors (Lipinski definition) is 1. The van der Waals surface area contributed by atoms with Gasteiger partial charge >= 0.3 is 0 Å². The number of ether oxygens (including phenoxy) is 2. The van der Waals surface area contributed by atoms with Gasteiger partial charge in [0.2, 0.25) is 11.8 Å². The number of benzene rings is 1. The van der Waals surface area contributed by atoms with Crippen molar-refractivity contribution in [3.05, 3.63) is 53.7 Å². The quantitative estimate of drug-likeness (QED) is 0.775. The first-order chi connectivity index (χ1) is 13.1. The van der Waals surface area contributed by atoms with Crippen LogP contribution in [0.25, 0.3) is 0 Å². The summed E-state index contributed by atoms with van der Waals surface area (Å²) in [5, 5.41) is 3.01. The third-order valence-electron chi connectivity index (χ3n) is 4.59. The van der Waals surface area contributed by atoms with Gasteiger partial charge in [0.25, 0.3) is 0 Å². The van der Waals surface area contributed by atoms with Crippen LogP contribution in [0.2, 0.25) is 0 Å². The highest BCUT2D eigenvalue weighted by Crippen LogP contribution is 2.35. The van der Waals surface area contributed by atoms with Crippen LogP contribution in [0.3, 0.4) is 0 Å². The molecule has 3 rings (SSSR count). The van der Waals surface area contributed by atoms with Gasteiger partial charge in [-0.3, -0.25) is 4.79 Å². The lowest BCUT2D eigenvalue weighted by atomic mass is 9.90. The Labute approximate surface area is 160 Å². The lowest BCUT2D eigenvalue weighted by Gasteiger charge is -2.25. The molecule has 6 heteroatoms. The number of nitrogens with zero attached hydrogens (tertiary/aromatic N) is 2. The largest absolute Gasteiger partial charge is 0.493 e. The molecule has 6 nitrogen and oxygen atoms in total. The second-order valence-electron chi connectivity index (χ2n) is 7.01. The Morgan fingerprint density at radius 3 is 3.04 bits per heavy atom. The number of aromatic nitrogens is 1. The Hall–Kier alpha value is -2.60. The number of likely N-dealkylation sites (N-methyl/N-ethyl adjacent to an activating group) is 1. The van der Waals surface area contributed by atoms with E-state index in [0.29, 0.717) is 32.1 Å². The second kappa shape index (κ2) is 9.37. The fourth-order valence-corrected chi connectivity index (χ4v) is 3.10. The molecule has 1 aromatic heterocycles. The van der Waals surface area contributed by atoms with Crippen molar-refractivity contribution in [3.8, 4) is 11.6 Å². The summed E-state index contributed by atoms with van der Waals surface area (Å²) < 4.78 is 11.3. The average Bonchev–Trinajstić information content (AvgIpc) is 2.67. The molecule has 0 saturated carbocycles. The zero-order chi connectivity index (χ0) is 19.1. The van der Waals surface area contributed by atoms with Crippen LogP contribution in [0.1, 0.15) is 29.9 Å². The van der Waals surface area contributed by atoms with E-state index in [0.717, 1.165) is 29.8 Å². The fraction of sp³-hybridized carbons (Fsp3) is 0.429. The van der Waals surface area contributed by atoms with E-state index >= 15 is 0 Å². The Bertz CT molecular complexity index is 764. The maximum atomic E-state index is 12.4. The Kier molecular flexibility index (Phi) is 6.65. The maximum Gasteiger partial charge on any atom is 0.220 e. The zero-order valence-corrected chi connectivity index (χ0v) is 16.0. The summed E-state index contributed by atoms with van der Waals surface area (Å²) >= 11 is 0. The van der Waals surface area contributed by atoms with Crippen molar-refractivity contribution >= 4 is 5.91 Å². The molecule has 27 heavy (non-hydrogen) atoms. The van der Waals surface area contributed by atoms with Gasteiger partial charge in [-0.2, -0.15) is 0 Å². The highest BCUT2D eigenvalue weighted by Gasteiger charge is 2.23. The molecular formula is C21H27N3O3. The monoisotopic (exact) mass is 369 g/mol. The minimum Gasteiger partial charge on any atom is -0.493 e. The van der Waals surface area contributed by atoms with E-state index in [4.69, 9.17) is 9.47 Å². The first-order valence-electron chi connectivity index (χ1n) is 9.32. The summed E-state index contributed by atoms with van der Waals surface area (Å²) in [5.74, 6) is 1.73. The van der Waals surface area contributed by atoms with E-state index in [2.05, 4.69) is 15.2 Å². The van der Waals surface area contributed by atoms with Crippen LogP contribution in [0.4, 0.5) is 0 Å². The van der Waals surface area contributed by atoms with Gasteiger partial charge in [-0.15, -0.1) is 0 Å². The predicted octanol–water partition coefficient (Wildman–Crippen LogP) is 2.59. The molecular weight excluding hydrogens is 342 g/mol. The number of pyridine rings is 1. The first-order valence-corrected chi connectivity index (χ1v) is 9.32. The Morgan fingerprint density at radius 1 is 1.33 bits per heavy atom. The number of para-hydroxylation sites is 1. The van der Waals surface area contributed by atoms with E-state index in [9.17, 15) is 4.79 Å². The van der Waals surface area contributed by atoms with Gasteiger partial charge in [-0.25, -0.2) is 4.98 Å². The lowest BCUT2D eigenvalue weighted by Crippen LogP contribution is -2.26. The van der Waals surface area contributed by atoms with Gasteiger partial charge in [-0.1, -0.05) is 18.2 Å². The van der Waals surface area contributed by atoms with Crippen LogP contribution in [-0.2, 0) is 11.3 Å². The lowest BCUT2D eigenvalue weighted by molar-refractivity contribution is -0.121. The molecule has 0 fully saturated rings. The molecule has 1 aliphatic rings. The van der Waals surface area contributed by atoms with E-state index in [1.54, 1.807) is 6.20 Å². The zero-order valence-electron chi connectivity index (χ0n) is 16.0. The number of amides is 1. The Morgan fingerprint density at radius 2 is 2.19 bits per heavy atom. The standard InChI is InChI=1S/C21H27N3O3/c1-24(2)10-12-27-21-13-16(7-9-22-21)15-23-20(25)14-17-8-11-26-19-6-4-3-5-18(17)19/h3-7,9,13,17H,8,10-12,14-15H2,1-2H3,(H,23,25). The SMILES string of the molecule is CN(C)CCOc1cc(CNC(=O)CC2CCOc3ccccc32)ccn1. The number of carbonyl (C=O) groups excluding carboxylic acids is 1. The highest BCUT2D eigenvalue weighted by atomic mass is 16.5. The molecule has 0 spiro atoms. The minimum atomic E-state index is 0.0450. The van der Waals surface area contributed by atoms with Gasteiger partial charge in [-0.05, 0) is 49.7 Å². The average molecular weight is 369 g/mol. The second-order valence-corrected chi connectivity index (χ2v) is 7.01. The number of fused-ring (bicyclic) bond motifs is 1. The van der Waals surface area contributed by atoms with Gasteiger partial charge < -0.3 is 19.7 Å². The summed E-state index contributed by atoms with van der Waals surface area (Å²) in [4.78, 5) is 18.7. The van der Waals surface area contributed by atoms with Gasteiger partial charge in [0.15, 0.2) is 0 Å². The van der Waals surface area contributed by atoms with Crippen molar-refractivity contribution in [1.29, 1.82) is 0 Å². The van der Waals surface area contributed by atoms with E-state index in [1.807, 2.05) is 50.5 Å². The van der Waals surface area contributed by atoms with Gasteiger partial charge in [0, 0.05) is 31.8 Å². The van der Waals surface area contributed by atoms with Crippen LogP contribution in [0, 0.1) is 0 Å². The number of hydrogen-bond acceptors (Lipinski definition) is 5. The molecule has 1 unspecified atom stereocenters. The van der Waals surface area contributed by atoms with Crippen LogP contribution in [-0.4, -0.2) is 49.6 Å². The summed E-state index contributed by atoms with van der Waals surface area (Å²) in [5.41, 5.74) is 2.10.